The van der Waals surface area contributed by atoms with Crippen LogP contribution in [0.15, 0.2) is 29.3 Å². The number of benzene rings is 1. The standard InChI is InChI=1S/C16H26FN3O/c1-13(2)21-11-5-9-19-16(18-3)20-10-8-14-6-4-7-15(17)12-14/h4,6-7,12-13H,5,8-11H2,1-3H3,(H2,18,19,20). The lowest BCUT2D eigenvalue weighted by Gasteiger charge is -2.12. The maximum absolute atomic E-state index is 13.0. The van der Waals surface area contributed by atoms with Crippen LogP contribution in [-0.2, 0) is 11.2 Å². The van der Waals surface area contributed by atoms with Crippen LogP contribution in [0.1, 0.15) is 25.8 Å². The fourth-order valence-corrected chi connectivity index (χ4v) is 1.84. The van der Waals surface area contributed by atoms with Crippen molar-refractivity contribution in [3.05, 3.63) is 35.6 Å². The minimum Gasteiger partial charge on any atom is -0.379 e. The van der Waals surface area contributed by atoms with Gasteiger partial charge in [0.25, 0.3) is 0 Å². The first-order chi connectivity index (χ1) is 10.1. The Morgan fingerprint density at radius 3 is 2.71 bits per heavy atom. The Balaban J connectivity index is 2.17. The van der Waals surface area contributed by atoms with E-state index in [9.17, 15) is 4.39 Å². The summed E-state index contributed by atoms with van der Waals surface area (Å²) in [6.07, 6.45) is 1.96. The van der Waals surface area contributed by atoms with Crippen molar-refractivity contribution in [3.8, 4) is 0 Å². The van der Waals surface area contributed by atoms with Gasteiger partial charge in [0.2, 0.25) is 0 Å². The molecule has 1 aromatic rings. The van der Waals surface area contributed by atoms with Gasteiger partial charge in [-0.1, -0.05) is 12.1 Å². The summed E-state index contributed by atoms with van der Waals surface area (Å²) in [5, 5.41) is 6.44. The van der Waals surface area contributed by atoms with Crippen LogP contribution in [0.3, 0.4) is 0 Å². The van der Waals surface area contributed by atoms with Crippen molar-refractivity contribution in [2.24, 2.45) is 4.99 Å². The number of nitrogens with one attached hydrogen (secondary N) is 2. The van der Waals surface area contributed by atoms with E-state index in [1.54, 1.807) is 19.2 Å². The smallest absolute Gasteiger partial charge is 0.190 e. The zero-order chi connectivity index (χ0) is 15.5. The summed E-state index contributed by atoms with van der Waals surface area (Å²) in [5.41, 5.74) is 0.975. The summed E-state index contributed by atoms with van der Waals surface area (Å²) in [4.78, 5) is 4.15. The van der Waals surface area contributed by atoms with Crippen molar-refractivity contribution in [1.29, 1.82) is 0 Å². The van der Waals surface area contributed by atoms with Crippen molar-refractivity contribution in [1.82, 2.24) is 10.6 Å². The molecule has 0 radical (unpaired) electrons. The molecule has 0 bridgehead atoms. The summed E-state index contributed by atoms with van der Waals surface area (Å²) in [6.45, 7) is 6.32. The van der Waals surface area contributed by atoms with Gasteiger partial charge in [-0.15, -0.1) is 0 Å². The molecule has 0 saturated heterocycles. The number of aliphatic imine (C=N–C) groups is 1. The number of rotatable bonds is 8. The second-order valence-electron chi connectivity index (χ2n) is 5.08. The Bertz CT molecular complexity index is 435. The summed E-state index contributed by atoms with van der Waals surface area (Å²) < 4.78 is 18.5. The molecule has 5 heteroatoms. The Morgan fingerprint density at radius 2 is 2.05 bits per heavy atom. The molecule has 1 rings (SSSR count). The largest absolute Gasteiger partial charge is 0.379 e. The van der Waals surface area contributed by atoms with E-state index < -0.39 is 0 Å². The number of halogens is 1. The third-order valence-electron chi connectivity index (χ3n) is 2.88. The molecule has 4 nitrogen and oxygen atoms in total. The summed E-state index contributed by atoms with van der Waals surface area (Å²) in [6, 6.07) is 6.66. The molecule has 0 heterocycles. The second-order valence-corrected chi connectivity index (χ2v) is 5.08. The van der Waals surface area contributed by atoms with Gasteiger partial charge in [0, 0.05) is 26.7 Å². The molecule has 0 unspecified atom stereocenters. The topological polar surface area (TPSA) is 45.7 Å². The zero-order valence-corrected chi connectivity index (χ0v) is 13.2. The van der Waals surface area contributed by atoms with Crippen molar-refractivity contribution >= 4 is 5.96 Å². The third kappa shape index (κ3) is 8.30. The van der Waals surface area contributed by atoms with Gasteiger partial charge >= 0.3 is 0 Å². The molecule has 0 atom stereocenters. The molecule has 0 fully saturated rings. The minimum absolute atomic E-state index is 0.194. The molecule has 0 aliphatic carbocycles. The first-order valence-corrected chi connectivity index (χ1v) is 7.42. The van der Waals surface area contributed by atoms with E-state index in [1.165, 1.54) is 6.07 Å². The predicted molar refractivity (Wildman–Crippen MR) is 85.2 cm³/mol. The summed E-state index contributed by atoms with van der Waals surface area (Å²) in [7, 11) is 1.74. The fourth-order valence-electron chi connectivity index (χ4n) is 1.84. The van der Waals surface area contributed by atoms with Crippen molar-refractivity contribution in [2.75, 3.05) is 26.7 Å². The van der Waals surface area contributed by atoms with E-state index in [1.807, 2.05) is 19.9 Å². The normalized spacial score (nSPS) is 11.8. The van der Waals surface area contributed by atoms with E-state index in [-0.39, 0.29) is 11.9 Å². The van der Waals surface area contributed by atoms with E-state index in [4.69, 9.17) is 4.74 Å². The quantitative estimate of drug-likeness (QED) is 0.440. The van der Waals surface area contributed by atoms with Gasteiger partial charge in [0.1, 0.15) is 5.82 Å². The highest BCUT2D eigenvalue weighted by Crippen LogP contribution is 2.03. The maximum atomic E-state index is 13.0. The highest BCUT2D eigenvalue weighted by Gasteiger charge is 1.99. The van der Waals surface area contributed by atoms with Crippen LogP contribution in [0.5, 0.6) is 0 Å². The highest BCUT2D eigenvalue weighted by atomic mass is 19.1. The summed E-state index contributed by atoms with van der Waals surface area (Å²) >= 11 is 0. The molecule has 0 amide bonds. The Kier molecular flexibility index (Phi) is 8.43. The molecule has 118 valence electrons. The Labute approximate surface area is 126 Å². The first kappa shape index (κ1) is 17.4. The average Bonchev–Trinajstić information content (AvgIpc) is 2.45. The monoisotopic (exact) mass is 295 g/mol. The van der Waals surface area contributed by atoms with E-state index in [0.29, 0.717) is 6.54 Å². The van der Waals surface area contributed by atoms with Gasteiger partial charge in [-0.25, -0.2) is 4.39 Å². The zero-order valence-electron chi connectivity index (χ0n) is 13.2. The van der Waals surface area contributed by atoms with Gasteiger partial charge < -0.3 is 15.4 Å². The van der Waals surface area contributed by atoms with Gasteiger partial charge in [-0.2, -0.15) is 0 Å². The molecule has 2 N–H and O–H groups in total. The van der Waals surface area contributed by atoms with Gasteiger partial charge in [-0.05, 0) is 44.4 Å². The van der Waals surface area contributed by atoms with Crippen LogP contribution in [0.4, 0.5) is 4.39 Å². The molecular weight excluding hydrogens is 269 g/mol. The lowest BCUT2D eigenvalue weighted by molar-refractivity contribution is 0.0776. The minimum atomic E-state index is -0.194. The van der Waals surface area contributed by atoms with Crippen LogP contribution in [-0.4, -0.2) is 38.8 Å². The Morgan fingerprint density at radius 1 is 1.29 bits per heavy atom. The molecule has 0 saturated carbocycles. The number of guanidine groups is 1. The second kappa shape index (κ2) is 10.2. The molecule has 21 heavy (non-hydrogen) atoms. The third-order valence-corrected chi connectivity index (χ3v) is 2.88. The lowest BCUT2D eigenvalue weighted by Crippen LogP contribution is -2.39. The van der Waals surface area contributed by atoms with Crippen LogP contribution >= 0.6 is 0 Å². The molecule has 0 aromatic heterocycles. The summed E-state index contributed by atoms with van der Waals surface area (Å²) in [5.74, 6) is 0.566. The highest BCUT2D eigenvalue weighted by molar-refractivity contribution is 5.79. The predicted octanol–water partition coefficient (Wildman–Crippen LogP) is 2.35. The van der Waals surface area contributed by atoms with Gasteiger partial charge in [0.15, 0.2) is 5.96 Å². The number of nitrogens with zero attached hydrogens (tertiary/aromatic N) is 1. The SMILES string of the molecule is CN=C(NCCCOC(C)C)NCCc1cccc(F)c1. The van der Waals surface area contributed by atoms with Crippen LogP contribution in [0, 0.1) is 5.82 Å². The molecular formula is C16H26FN3O. The number of hydrogen-bond donors (Lipinski definition) is 2. The van der Waals surface area contributed by atoms with Gasteiger partial charge in [-0.3, -0.25) is 4.99 Å². The molecule has 0 aliphatic rings. The molecule has 0 aliphatic heterocycles. The van der Waals surface area contributed by atoms with Crippen molar-refractivity contribution in [3.63, 3.8) is 0 Å². The van der Waals surface area contributed by atoms with E-state index in [0.717, 1.165) is 37.5 Å². The first-order valence-electron chi connectivity index (χ1n) is 7.42. The lowest BCUT2D eigenvalue weighted by atomic mass is 10.1. The molecule has 1 aromatic carbocycles. The van der Waals surface area contributed by atoms with Crippen molar-refractivity contribution < 1.29 is 9.13 Å². The average molecular weight is 295 g/mol. The van der Waals surface area contributed by atoms with E-state index in [2.05, 4.69) is 15.6 Å². The van der Waals surface area contributed by atoms with Crippen LogP contribution in [0.2, 0.25) is 0 Å². The van der Waals surface area contributed by atoms with Gasteiger partial charge in [0.05, 0.1) is 6.10 Å². The fraction of sp³-hybridized carbons (Fsp3) is 0.562. The van der Waals surface area contributed by atoms with Crippen molar-refractivity contribution in [2.45, 2.75) is 32.8 Å². The van der Waals surface area contributed by atoms with E-state index >= 15 is 0 Å². The van der Waals surface area contributed by atoms with Crippen LogP contribution < -0.4 is 10.6 Å². The van der Waals surface area contributed by atoms with Crippen LogP contribution in [0.25, 0.3) is 0 Å². The maximum Gasteiger partial charge on any atom is 0.190 e. The number of hydrogen-bond acceptors (Lipinski definition) is 2. The number of ether oxygens (including phenoxy) is 1. The Hall–Kier alpha value is -1.62. The molecule has 0 spiro atoms.